The number of anilines is 1. The first-order valence-corrected chi connectivity index (χ1v) is 7.15. The summed E-state index contributed by atoms with van der Waals surface area (Å²) in [7, 11) is 2.19. The number of rotatable bonds is 4. The van der Waals surface area contributed by atoms with Gasteiger partial charge < -0.3 is 10.1 Å². The van der Waals surface area contributed by atoms with Crippen molar-refractivity contribution in [2.24, 2.45) is 5.41 Å². The molecule has 3 heterocycles. The van der Waals surface area contributed by atoms with Crippen LogP contribution in [-0.4, -0.2) is 43.2 Å². The van der Waals surface area contributed by atoms with Crippen molar-refractivity contribution in [3.63, 3.8) is 0 Å². The molecule has 0 aromatic carbocycles. The summed E-state index contributed by atoms with van der Waals surface area (Å²) < 4.78 is 5.28. The molecule has 1 aromatic rings. The molecule has 1 unspecified atom stereocenters. The number of hydrogen-bond acceptors (Lipinski definition) is 4. The summed E-state index contributed by atoms with van der Waals surface area (Å²) in [5.41, 5.74) is 1.47. The third-order valence-corrected chi connectivity index (χ3v) is 4.23. The maximum atomic E-state index is 5.28. The van der Waals surface area contributed by atoms with Crippen molar-refractivity contribution in [1.82, 2.24) is 9.88 Å². The van der Waals surface area contributed by atoms with Crippen LogP contribution in [0.1, 0.15) is 31.5 Å². The molecule has 0 bridgehead atoms. The van der Waals surface area contributed by atoms with Gasteiger partial charge in [-0.2, -0.15) is 0 Å². The van der Waals surface area contributed by atoms with Crippen LogP contribution in [0.2, 0.25) is 0 Å². The molecule has 3 rings (SSSR count). The van der Waals surface area contributed by atoms with E-state index in [0.717, 1.165) is 25.6 Å². The lowest BCUT2D eigenvalue weighted by Crippen LogP contribution is -2.45. The first kappa shape index (κ1) is 12.9. The maximum Gasteiger partial charge on any atom is 0.126 e. The molecule has 0 saturated carbocycles. The van der Waals surface area contributed by atoms with Crippen LogP contribution >= 0.6 is 0 Å². The molecule has 4 heteroatoms. The van der Waals surface area contributed by atoms with E-state index in [0.29, 0.717) is 6.04 Å². The van der Waals surface area contributed by atoms with E-state index in [2.05, 4.69) is 42.4 Å². The number of pyridine rings is 1. The molecule has 0 aliphatic carbocycles. The molecule has 1 N–H and O–H groups in total. The number of likely N-dealkylation sites (tertiary alicyclic amines) is 1. The van der Waals surface area contributed by atoms with Crippen molar-refractivity contribution in [2.45, 2.75) is 25.8 Å². The second kappa shape index (κ2) is 5.10. The van der Waals surface area contributed by atoms with E-state index in [1.807, 2.05) is 0 Å². The van der Waals surface area contributed by atoms with Crippen molar-refractivity contribution in [3.8, 4) is 0 Å². The molecule has 4 nitrogen and oxygen atoms in total. The highest BCUT2D eigenvalue weighted by molar-refractivity contribution is 5.36. The van der Waals surface area contributed by atoms with E-state index in [-0.39, 0.29) is 5.41 Å². The predicted octanol–water partition coefficient (Wildman–Crippen LogP) is 2.30. The van der Waals surface area contributed by atoms with Gasteiger partial charge in [-0.05, 0) is 38.6 Å². The average Bonchev–Trinajstić information content (AvgIpc) is 2.81. The van der Waals surface area contributed by atoms with E-state index >= 15 is 0 Å². The molecule has 0 spiro atoms. The Balaban J connectivity index is 1.65. The van der Waals surface area contributed by atoms with Gasteiger partial charge in [0.2, 0.25) is 0 Å². The standard InChI is InChI=1S/C15H23N3O/c1-15(10-19-11-15)9-16-14-7-3-5-12(17-14)13-6-4-8-18(13)2/h3,5,7,13H,4,6,8-11H2,1-2H3,(H,16,17). The van der Waals surface area contributed by atoms with E-state index in [1.54, 1.807) is 0 Å². The van der Waals surface area contributed by atoms with Gasteiger partial charge in [-0.1, -0.05) is 13.0 Å². The molecular formula is C15H23N3O. The third kappa shape index (κ3) is 2.74. The second-order valence-electron chi connectivity index (χ2n) is 6.24. The van der Waals surface area contributed by atoms with Crippen LogP contribution in [0, 0.1) is 5.41 Å². The van der Waals surface area contributed by atoms with E-state index in [1.165, 1.54) is 25.1 Å². The molecular weight excluding hydrogens is 238 g/mol. The predicted molar refractivity (Wildman–Crippen MR) is 76.3 cm³/mol. The Morgan fingerprint density at radius 1 is 1.47 bits per heavy atom. The van der Waals surface area contributed by atoms with Gasteiger partial charge in [0.25, 0.3) is 0 Å². The molecule has 0 amide bonds. The van der Waals surface area contributed by atoms with Crippen molar-refractivity contribution < 1.29 is 4.74 Å². The molecule has 1 aromatic heterocycles. The topological polar surface area (TPSA) is 37.4 Å². The van der Waals surface area contributed by atoms with Crippen LogP contribution in [0.25, 0.3) is 0 Å². The minimum Gasteiger partial charge on any atom is -0.380 e. The van der Waals surface area contributed by atoms with E-state index in [4.69, 9.17) is 9.72 Å². The summed E-state index contributed by atoms with van der Waals surface area (Å²) in [6.07, 6.45) is 2.49. The lowest BCUT2D eigenvalue weighted by molar-refractivity contribution is -0.0924. The highest BCUT2D eigenvalue weighted by atomic mass is 16.5. The summed E-state index contributed by atoms with van der Waals surface area (Å²) in [4.78, 5) is 7.17. The van der Waals surface area contributed by atoms with Crippen LogP contribution in [-0.2, 0) is 4.74 Å². The molecule has 2 saturated heterocycles. The smallest absolute Gasteiger partial charge is 0.126 e. The molecule has 104 valence electrons. The lowest BCUT2D eigenvalue weighted by Gasteiger charge is -2.38. The fourth-order valence-electron chi connectivity index (χ4n) is 2.88. The van der Waals surface area contributed by atoms with Crippen LogP contribution < -0.4 is 5.32 Å². The van der Waals surface area contributed by atoms with Crippen LogP contribution in [0.4, 0.5) is 5.82 Å². The van der Waals surface area contributed by atoms with Gasteiger partial charge in [0.15, 0.2) is 0 Å². The normalized spacial score (nSPS) is 26.1. The number of nitrogens with one attached hydrogen (secondary N) is 1. The van der Waals surface area contributed by atoms with Gasteiger partial charge in [-0.15, -0.1) is 0 Å². The zero-order chi connectivity index (χ0) is 13.3. The molecule has 1 atom stereocenters. The zero-order valence-corrected chi connectivity index (χ0v) is 11.9. The Morgan fingerprint density at radius 2 is 2.32 bits per heavy atom. The van der Waals surface area contributed by atoms with Crippen molar-refractivity contribution in [2.75, 3.05) is 38.7 Å². The summed E-state index contributed by atoms with van der Waals surface area (Å²) in [6.45, 7) is 6.07. The van der Waals surface area contributed by atoms with Gasteiger partial charge >= 0.3 is 0 Å². The van der Waals surface area contributed by atoms with E-state index < -0.39 is 0 Å². The fraction of sp³-hybridized carbons (Fsp3) is 0.667. The summed E-state index contributed by atoms with van der Waals surface area (Å²) in [6, 6.07) is 6.80. The Morgan fingerprint density at radius 3 is 2.95 bits per heavy atom. The van der Waals surface area contributed by atoms with Gasteiger partial charge in [0, 0.05) is 12.0 Å². The van der Waals surface area contributed by atoms with E-state index in [9.17, 15) is 0 Å². The first-order chi connectivity index (χ1) is 9.16. The van der Waals surface area contributed by atoms with Crippen LogP contribution in [0.15, 0.2) is 18.2 Å². The minimum atomic E-state index is 0.280. The molecule has 2 fully saturated rings. The monoisotopic (exact) mass is 261 g/mol. The van der Waals surface area contributed by atoms with Crippen LogP contribution in [0.3, 0.4) is 0 Å². The quantitative estimate of drug-likeness (QED) is 0.902. The second-order valence-corrected chi connectivity index (χ2v) is 6.24. The molecule has 2 aliphatic rings. The van der Waals surface area contributed by atoms with Crippen LogP contribution in [0.5, 0.6) is 0 Å². The number of ether oxygens (including phenoxy) is 1. The van der Waals surface area contributed by atoms with Crippen molar-refractivity contribution in [3.05, 3.63) is 23.9 Å². The summed E-state index contributed by atoms with van der Waals surface area (Å²) >= 11 is 0. The molecule has 2 aliphatic heterocycles. The minimum absolute atomic E-state index is 0.280. The maximum absolute atomic E-state index is 5.28. The lowest BCUT2D eigenvalue weighted by atomic mass is 9.89. The molecule has 19 heavy (non-hydrogen) atoms. The SMILES string of the molecule is CN1CCCC1c1cccc(NCC2(C)COC2)n1. The summed E-state index contributed by atoms with van der Waals surface area (Å²) in [5.74, 6) is 0.992. The van der Waals surface area contributed by atoms with Crippen molar-refractivity contribution in [1.29, 1.82) is 0 Å². The Labute approximate surface area is 115 Å². The van der Waals surface area contributed by atoms with Gasteiger partial charge in [0.05, 0.1) is 24.9 Å². The fourth-order valence-corrected chi connectivity index (χ4v) is 2.88. The van der Waals surface area contributed by atoms with Gasteiger partial charge in [-0.3, -0.25) is 4.90 Å². The van der Waals surface area contributed by atoms with Crippen molar-refractivity contribution >= 4 is 5.82 Å². The Kier molecular flexibility index (Phi) is 3.46. The molecule has 0 radical (unpaired) electrons. The highest BCUT2D eigenvalue weighted by Crippen LogP contribution is 2.30. The third-order valence-electron chi connectivity index (χ3n) is 4.23. The zero-order valence-electron chi connectivity index (χ0n) is 11.9. The average molecular weight is 261 g/mol. The summed E-state index contributed by atoms with van der Waals surface area (Å²) in [5, 5.41) is 3.46. The Bertz CT molecular complexity index is 445. The Hall–Kier alpha value is -1.13. The van der Waals surface area contributed by atoms with Gasteiger partial charge in [-0.25, -0.2) is 4.98 Å². The number of aromatic nitrogens is 1. The first-order valence-electron chi connectivity index (χ1n) is 7.15. The largest absolute Gasteiger partial charge is 0.380 e. The number of nitrogens with zero attached hydrogens (tertiary/aromatic N) is 2. The highest BCUT2D eigenvalue weighted by Gasteiger charge is 2.33. The number of hydrogen-bond donors (Lipinski definition) is 1. The van der Waals surface area contributed by atoms with Gasteiger partial charge in [0.1, 0.15) is 5.82 Å².